The van der Waals surface area contributed by atoms with E-state index in [-0.39, 0.29) is 28.6 Å². The molecule has 3 aliphatic carbocycles. The molecular weight excluding hydrogens is 288 g/mol. The number of ketones is 1. The predicted molar refractivity (Wildman–Crippen MR) is 90.7 cm³/mol. The van der Waals surface area contributed by atoms with Crippen molar-refractivity contribution in [3.8, 4) is 0 Å². The average Bonchev–Trinajstić information content (AvgIpc) is 2.50. The van der Waals surface area contributed by atoms with Gasteiger partial charge in [0.1, 0.15) is 0 Å². The molecule has 3 aliphatic rings. The molecule has 0 aromatic rings. The minimum atomic E-state index is -0.942. The second-order valence-electron chi connectivity index (χ2n) is 8.55. The Balaban J connectivity index is 2.14. The van der Waals surface area contributed by atoms with Crippen molar-refractivity contribution < 1.29 is 15.0 Å². The smallest absolute Gasteiger partial charge is 0.168 e. The number of hydrogen-bond acceptors (Lipinski definition) is 3. The van der Waals surface area contributed by atoms with Gasteiger partial charge in [-0.1, -0.05) is 32.9 Å². The van der Waals surface area contributed by atoms with E-state index in [1.54, 1.807) is 19.1 Å². The SMILES string of the molecule is C=C[C@@]1(C)C(=O)C=C2C(=CC[C@@H]3C(C)(C)[C@@H](O)CC[C@@]23C)[C@H]1O. The molecule has 0 amide bonds. The van der Waals surface area contributed by atoms with Crippen molar-refractivity contribution >= 4 is 5.78 Å². The van der Waals surface area contributed by atoms with Gasteiger partial charge in [0.15, 0.2) is 5.78 Å². The van der Waals surface area contributed by atoms with E-state index in [0.717, 1.165) is 30.4 Å². The van der Waals surface area contributed by atoms with Gasteiger partial charge in [-0.3, -0.25) is 4.79 Å². The van der Waals surface area contributed by atoms with Crippen LogP contribution in [-0.2, 0) is 4.79 Å². The van der Waals surface area contributed by atoms with E-state index >= 15 is 0 Å². The highest BCUT2D eigenvalue weighted by molar-refractivity contribution is 6.00. The minimum Gasteiger partial charge on any atom is -0.393 e. The first-order chi connectivity index (χ1) is 10.6. The fourth-order valence-electron chi connectivity index (χ4n) is 5.07. The van der Waals surface area contributed by atoms with Crippen LogP contribution in [0.4, 0.5) is 0 Å². The van der Waals surface area contributed by atoms with Gasteiger partial charge in [-0.15, -0.1) is 6.58 Å². The van der Waals surface area contributed by atoms with Crippen molar-refractivity contribution in [3.63, 3.8) is 0 Å². The van der Waals surface area contributed by atoms with E-state index in [1.165, 1.54) is 0 Å². The van der Waals surface area contributed by atoms with Gasteiger partial charge in [-0.05, 0) is 60.2 Å². The molecule has 2 N–H and O–H groups in total. The maximum Gasteiger partial charge on any atom is 0.168 e. The third-order valence-corrected chi connectivity index (χ3v) is 7.06. The summed E-state index contributed by atoms with van der Waals surface area (Å²) in [6.45, 7) is 11.9. The number of aliphatic hydroxyl groups excluding tert-OH is 2. The van der Waals surface area contributed by atoms with E-state index in [0.29, 0.717) is 0 Å². The predicted octanol–water partition coefficient (Wildman–Crippen LogP) is 3.18. The van der Waals surface area contributed by atoms with Gasteiger partial charge in [0.05, 0.1) is 17.6 Å². The number of fused-ring (bicyclic) bond motifs is 3. The molecule has 0 spiro atoms. The molecule has 0 saturated heterocycles. The Morgan fingerprint density at radius 3 is 2.52 bits per heavy atom. The summed E-state index contributed by atoms with van der Waals surface area (Å²) in [7, 11) is 0. The molecule has 0 unspecified atom stereocenters. The van der Waals surface area contributed by atoms with Crippen LogP contribution in [0.5, 0.6) is 0 Å². The summed E-state index contributed by atoms with van der Waals surface area (Å²) in [5.41, 5.74) is 0.542. The molecule has 3 rings (SSSR count). The zero-order valence-corrected chi connectivity index (χ0v) is 14.6. The Hall–Kier alpha value is -1.19. The average molecular weight is 316 g/mol. The van der Waals surface area contributed by atoms with Gasteiger partial charge in [-0.2, -0.15) is 0 Å². The normalized spacial score (nSPS) is 45.5. The zero-order valence-electron chi connectivity index (χ0n) is 14.6. The van der Waals surface area contributed by atoms with Gasteiger partial charge in [-0.25, -0.2) is 0 Å². The van der Waals surface area contributed by atoms with Crippen LogP contribution in [0.15, 0.2) is 36.0 Å². The molecule has 0 aromatic carbocycles. The van der Waals surface area contributed by atoms with E-state index in [9.17, 15) is 15.0 Å². The van der Waals surface area contributed by atoms with E-state index in [1.807, 2.05) is 0 Å². The zero-order chi connectivity index (χ0) is 17.2. The highest BCUT2D eigenvalue weighted by atomic mass is 16.3. The molecule has 0 bridgehead atoms. The molecule has 126 valence electrons. The second-order valence-corrected chi connectivity index (χ2v) is 8.55. The summed E-state index contributed by atoms with van der Waals surface area (Å²) in [6.07, 6.45) is 6.63. The quantitative estimate of drug-likeness (QED) is 0.731. The molecule has 0 aliphatic heterocycles. The number of aliphatic hydroxyl groups is 2. The van der Waals surface area contributed by atoms with E-state index < -0.39 is 11.5 Å². The van der Waals surface area contributed by atoms with Crippen LogP contribution >= 0.6 is 0 Å². The maximum absolute atomic E-state index is 12.7. The van der Waals surface area contributed by atoms with Crippen LogP contribution in [0.25, 0.3) is 0 Å². The van der Waals surface area contributed by atoms with Crippen molar-refractivity contribution in [1.29, 1.82) is 0 Å². The lowest BCUT2D eigenvalue weighted by molar-refractivity contribution is -0.126. The molecule has 0 aromatic heterocycles. The first-order valence-electron chi connectivity index (χ1n) is 8.56. The largest absolute Gasteiger partial charge is 0.393 e. The molecule has 0 radical (unpaired) electrons. The number of allylic oxidation sites excluding steroid dienone is 2. The molecular formula is C20H28O3. The van der Waals surface area contributed by atoms with Crippen LogP contribution < -0.4 is 0 Å². The summed E-state index contributed by atoms with van der Waals surface area (Å²) in [5, 5.41) is 21.3. The van der Waals surface area contributed by atoms with Crippen LogP contribution in [0, 0.1) is 22.2 Å². The lowest BCUT2D eigenvalue weighted by atomic mass is 9.47. The summed E-state index contributed by atoms with van der Waals surface area (Å²) in [5.74, 6) is 0.194. The van der Waals surface area contributed by atoms with Crippen LogP contribution in [0.3, 0.4) is 0 Å². The number of rotatable bonds is 1. The molecule has 5 atom stereocenters. The maximum atomic E-state index is 12.7. The summed E-state index contributed by atoms with van der Waals surface area (Å²) in [4.78, 5) is 12.7. The van der Waals surface area contributed by atoms with Gasteiger partial charge in [0.25, 0.3) is 0 Å². The van der Waals surface area contributed by atoms with Crippen molar-refractivity contribution in [1.82, 2.24) is 0 Å². The van der Waals surface area contributed by atoms with Crippen molar-refractivity contribution in [2.45, 2.75) is 59.2 Å². The summed E-state index contributed by atoms with van der Waals surface area (Å²) < 4.78 is 0. The van der Waals surface area contributed by atoms with Crippen LogP contribution in [0.1, 0.15) is 47.0 Å². The number of carbonyl (C=O) groups is 1. The van der Waals surface area contributed by atoms with Gasteiger partial charge in [0, 0.05) is 0 Å². The Bertz CT molecular complexity index is 627. The molecule has 1 fully saturated rings. The van der Waals surface area contributed by atoms with Crippen LogP contribution in [-0.4, -0.2) is 28.2 Å². The van der Waals surface area contributed by atoms with E-state index in [4.69, 9.17) is 0 Å². The van der Waals surface area contributed by atoms with Crippen molar-refractivity contribution in [2.75, 3.05) is 0 Å². The monoisotopic (exact) mass is 316 g/mol. The lowest BCUT2D eigenvalue weighted by Crippen LogP contribution is -2.54. The van der Waals surface area contributed by atoms with Gasteiger partial charge >= 0.3 is 0 Å². The number of carbonyl (C=O) groups excluding carboxylic acids is 1. The highest BCUT2D eigenvalue weighted by Crippen LogP contribution is 2.61. The third kappa shape index (κ3) is 1.99. The van der Waals surface area contributed by atoms with Gasteiger partial charge in [0.2, 0.25) is 0 Å². The fraction of sp³-hybridized carbons (Fsp3) is 0.650. The first kappa shape index (κ1) is 16.7. The molecule has 23 heavy (non-hydrogen) atoms. The second kappa shape index (κ2) is 4.90. The fourth-order valence-corrected chi connectivity index (χ4v) is 5.07. The standard InChI is InChI=1S/C20H28O3/c1-6-19(4)16(22)11-13-12(17(19)23)7-8-14-18(2,3)15(21)9-10-20(13,14)5/h6-7,11,14-15,17,21,23H,1,8-10H2,2-5H3/t14-,15+,17-,19+,20+/m1/s1. The Kier molecular flexibility index (Phi) is 3.55. The lowest BCUT2D eigenvalue weighted by Gasteiger charge is -2.57. The third-order valence-electron chi connectivity index (χ3n) is 7.06. The Morgan fingerprint density at radius 2 is 1.91 bits per heavy atom. The van der Waals surface area contributed by atoms with Crippen molar-refractivity contribution in [3.05, 3.63) is 36.0 Å². The first-order valence-corrected chi connectivity index (χ1v) is 8.56. The molecule has 3 nitrogen and oxygen atoms in total. The van der Waals surface area contributed by atoms with Crippen LogP contribution in [0.2, 0.25) is 0 Å². The Labute approximate surface area is 138 Å². The highest BCUT2D eigenvalue weighted by Gasteiger charge is 2.57. The number of hydrogen-bond donors (Lipinski definition) is 2. The van der Waals surface area contributed by atoms with E-state index in [2.05, 4.69) is 33.4 Å². The Morgan fingerprint density at radius 1 is 1.26 bits per heavy atom. The van der Waals surface area contributed by atoms with Crippen molar-refractivity contribution in [2.24, 2.45) is 22.2 Å². The minimum absolute atomic E-state index is 0.0713. The van der Waals surface area contributed by atoms with Gasteiger partial charge < -0.3 is 10.2 Å². The summed E-state index contributed by atoms with van der Waals surface area (Å²) in [6, 6.07) is 0. The summed E-state index contributed by atoms with van der Waals surface area (Å²) >= 11 is 0. The molecule has 1 saturated carbocycles. The molecule has 0 heterocycles. The topological polar surface area (TPSA) is 57.5 Å². The molecule has 3 heteroatoms.